The van der Waals surface area contributed by atoms with Crippen LogP contribution in [0.2, 0.25) is 0 Å². The van der Waals surface area contributed by atoms with Crippen molar-refractivity contribution in [3.63, 3.8) is 0 Å². The number of nitrogens with one attached hydrogen (secondary N) is 2. The highest BCUT2D eigenvalue weighted by molar-refractivity contribution is 7.91. The van der Waals surface area contributed by atoms with Gasteiger partial charge >= 0.3 is 0 Å². The van der Waals surface area contributed by atoms with Crippen LogP contribution >= 0.6 is 0 Å². The first-order chi connectivity index (χ1) is 16.2. The minimum absolute atomic E-state index is 0.0993. The van der Waals surface area contributed by atoms with Gasteiger partial charge in [-0.1, -0.05) is 42.5 Å². The number of hydrogen-bond acceptors (Lipinski definition) is 5. The largest absolute Gasteiger partial charge is 0.326 e. The molecule has 1 heterocycles. The number of ketones is 1. The fourth-order valence-corrected chi connectivity index (χ4v) is 5.50. The van der Waals surface area contributed by atoms with E-state index in [0.717, 1.165) is 5.56 Å². The van der Waals surface area contributed by atoms with E-state index in [9.17, 15) is 22.8 Å². The lowest BCUT2D eigenvalue weighted by molar-refractivity contribution is -0.117. The van der Waals surface area contributed by atoms with Crippen molar-refractivity contribution in [3.8, 4) is 0 Å². The lowest BCUT2D eigenvalue weighted by Crippen LogP contribution is -2.28. The van der Waals surface area contributed by atoms with Crippen LogP contribution in [-0.2, 0) is 25.8 Å². The van der Waals surface area contributed by atoms with Crippen molar-refractivity contribution >= 4 is 38.8 Å². The molecule has 0 saturated carbocycles. The molecule has 0 saturated heterocycles. The fourth-order valence-electron chi connectivity index (χ4n) is 3.92. The van der Waals surface area contributed by atoms with E-state index in [2.05, 4.69) is 10.6 Å². The lowest BCUT2D eigenvalue weighted by Gasteiger charge is -2.20. The molecule has 1 unspecified atom stereocenters. The number of rotatable bonds is 7. The van der Waals surface area contributed by atoms with Crippen molar-refractivity contribution in [2.45, 2.75) is 30.6 Å². The fraction of sp³-hybridized carbons (Fsp3) is 0.192. The summed E-state index contributed by atoms with van der Waals surface area (Å²) in [6.07, 6.45) is 0.754. The van der Waals surface area contributed by atoms with Gasteiger partial charge in [-0.15, -0.1) is 0 Å². The predicted octanol–water partition coefficient (Wildman–Crippen LogP) is 3.97. The molecule has 0 fully saturated rings. The quantitative estimate of drug-likeness (QED) is 0.502. The molecule has 0 spiro atoms. The Kier molecular flexibility index (Phi) is 6.61. The van der Waals surface area contributed by atoms with Crippen molar-refractivity contribution in [1.29, 1.82) is 0 Å². The molecule has 174 valence electrons. The van der Waals surface area contributed by atoms with Gasteiger partial charge in [0.2, 0.25) is 11.8 Å². The second kappa shape index (κ2) is 9.61. The van der Waals surface area contributed by atoms with E-state index in [-0.39, 0.29) is 16.6 Å². The van der Waals surface area contributed by atoms with Crippen LogP contribution in [0.4, 0.5) is 11.4 Å². The first-order valence-corrected chi connectivity index (χ1v) is 12.5. The second-order valence-corrected chi connectivity index (χ2v) is 10.3. The summed E-state index contributed by atoms with van der Waals surface area (Å²) in [5.41, 5.74) is 2.79. The molecule has 7 nitrogen and oxygen atoms in total. The summed E-state index contributed by atoms with van der Waals surface area (Å²) in [6.45, 7) is 1.43. The normalized spacial score (nSPS) is 14.0. The van der Waals surface area contributed by atoms with Crippen molar-refractivity contribution in [2.75, 3.05) is 16.4 Å². The van der Waals surface area contributed by atoms with Crippen LogP contribution < -0.4 is 10.6 Å². The number of anilines is 2. The molecular weight excluding hydrogens is 452 g/mol. The zero-order valence-corrected chi connectivity index (χ0v) is 19.4. The molecule has 34 heavy (non-hydrogen) atoms. The Morgan fingerprint density at radius 3 is 2.47 bits per heavy atom. The average Bonchev–Trinajstić information content (AvgIpc) is 2.82. The molecule has 0 aromatic heterocycles. The SMILES string of the molecule is CC(=O)c1cccc(NC(=O)C(CS(=O)(=O)c2ccc3c(c2)CCC(=O)N3)c2ccccc2)c1. The summed E-state index contributed by atoms with van der Waals surface area (Å²) < 4.78 is 26.7. The number of aryl methyl sites for hydroxylation is 1. The highest BCUT2D eigenvalue weighted by Gasteiger charge is 2.29. The van der Waals surface area contributed by atoms with E-state index in [1.165, 1.54) is 13.0 Å². The minimum Gasteiger partial charge on any atom is -0.326 e. The summed E-state index contributed by atoms with van der Waals surface area (Å²) in [4.78, 5) is 36.7. The Hall–Kier alpha value is -3.78. The molecule has 4 rings (SSSR count). The van der Waals surface area contributed by atoms with Crippen LogP contribution in [0.25, 0.3) is 0 Å². The van der Waals surface area contributed by atoms with E-state index in [1.54, 1.807) is 66.7 Å². The maximum Gasteiger partial charge on any atom is 0.232 e. The molecule has 3 aromatic carbocycles. The monoisotopic (exact) mass is 476 g/mol. The minimum atomic E-state index is -3.84. The van der Waals surface area contributed by atoms with Gasteiger partial charge in [0.15, 0.2) is 15.6 Å². The second-order valence-electron chi connectivity index (χ2n) is 8.24. The number of hydrogen-bond donors (Lipinski definition) is 2. The molecule has 8 heteroatoms. The molecule has 1 atom stereocenters. The van der Waals surface area contributed by atoms with Crippen LogP contribution in [-0.4, -0.2) is 31.8 Å². The summed E-state index contributed by atoms with van der Waals surface area (Å²) in [6, 6.07) is 19.9. The Bertz CT molecular complexity index is 1370. The number of amides is 2. The number of fused-ring (bicyclic) bond motifs is 1. The molecule has 0 radical (unpaired) electrons. The summed E-state index contributed by atoms with van der Waals surface area (Å²) in [5, 5.41) is 5.50. The van der Waals surface area contributed by atoms with Crippen LogP contribution in [0.1, 0.15) is 40.7 Å². The molecule has 3 aromatic rings. The summed E-state index contributed by atoms with van der Waals surface area (Å²) >= 11 is 0. The van der Waals surface area contributed by atoms with Gasteiger partial charge in [-0.3, -0.25) is 14.4 Å². The van der Waals surface area contributed by atoms with Crippen LogP contribution in [0, 0.1) is 0 Å². The molecule has 1 aliphatic heterocycles. The Labute approximate surface area is 198 Å². The maximum atomic E-state index is 13.4. The van der Waals surface area contributed by atoms with Crippen molar-refractivity contribution in [2.24, 2.45) is 0 Å². The number of carbonyl (C=O) groups excluding carboxylic acids is 3. The zero-order chi connectivity index (χ0) is 24.3. The number of Topliss-reactive ketones (excluding diaryl/α,β-unsaturated/α-hetero) is 1. The third-order valence-electron chi connectivity index (χ3n) is 5.77. The van der Waals surface area contributed by atoms with Gasteiger partial charge in [-0.05, 0) is 54.8 Å². The van der Waals surface area contributed by atoms with Gasteiger partial charge in [-0.25, -0.2) is 8.42 Å². The smallest absolute Gasteiger partial charge is 0.232 e. The van der Waals surface area contributed by atoms with Crippen LogP contribution in [0.5, 0.6) is 0 Å². The molecule has 2 N–H and O–H groups in total. The first kappa shape index (κ1) is 23.4. The zero-order valence-electron chi connectivity index (χ0n) is 18.6. The lowest BCUT2D eigenvalue weighted by atomic mass is 10.00. The highest BCUT2D eigenvalue weighted by atomic mass is 32.2. The molecule has 0 aliphatic carbocycles. The molecular formula is C26H24N2O5S. The van der Waals surface area contributed by atoms with Gasteiger partial charge in [0.05, 0.1) is 16.6 Å². The van der Waals surface area contributed by atoms with E-state index < -0.39 is 27.4 Å². The van der Waals surface area contributed by atoms with Gasteiger partial charge < -0.3 is 10.6 Å². The van der Waals surface area contributed by atoms with Crippen molar-refractivity contribution in [3.05, 3.63) is 89.5 Å². The number of carbonyl (C=O) groups is 3. The highest BCUT2D eigenvalue weighted by Crippen LogP contribution is 2.29. The van der Waals surface area contributed by atoms with Gasteiger partial charge in [0.25, 0.3) is 0 Å². The Morgan fingerprint density at radius 1 is 0.971 bits per heavy atom. The van der Waals surface area contributed by atoms with Crippen LogP contribution in [0.3, 0.4) is 0 Å². The summed E-state index contributed by atoms with van der Waals surface area (Å²) in [7, 11) is -3.84. The predicted molar refractivity (Wildman–Crippen MR) is 130 cm³/mol. The van der Waals surface area contributed by atoms with Crippen molar-refractivity contribution < 1.29 is 22.8 Å². The van der Waals surface area contributed by atoms with E-state index in [1.807, 2.05) is 0 Å². The molecule has 0 bridgehead atoms. The van der Waals surface area contributed by atoms with Crippen molar-refractivity contribution in [1.82, 2.24) is 0 Å². The molecule has 2 amide bonds. The topological polar surface area (TPSA) is 109 Å². The first-order valence-electron chi connectivity index (χ1n) is 10.9. The maximum absolute atomic E-state index is 13.4. The third-order valence-corrected chi connectivity index (χ3v) is 7.52. The molecule has 1 aliphatic rings. The van der Waals surface area contributed by atoms with Crippen LogP contribution in [0.15, 0.2) is 77.7 Å². The van der Waals surface area contributed by atoms with E-state index >= 15 is 0 Å². The van der Waals surface area contributed by atoms with Gasteiger partial charge in [0.1, 0.15) is 0 Å². The standard InChI is InChI=1S/C26H24N2O5S/c1-17(29)19-8-5-9-21(14-19)27-26(31)23(18-6-3-2-4-7-18)16-34(32,33)22-11-12-24-20(15-22)10-13-25(30)28-24/h2-9,11-12,14-15,23H,10,13,16H2,1H3,(H,27,31)(H,28,30). The summed E-state index contributed by atoms with van der Waals surface area (Å²) in [5.74, 6) is -2.12. The van der Waals surface area contributed by atoms with Gasteiger partial charge in [0, 0.05) is 23.4 Å². The Morgan fingerprint density at radius 2 is 1.74 bits per heavy atom. The number of benzene rings is 3. The Balaban J connectivity index is 1.63. The average molecular weight is 477 g/mol. The van der Waals surface area contributed by atoms with E-state index in [4.69, 9.17) is 0 Å². The number of sulfone groups is 1. The van der Waals surface area contributed by atoms with Gasteiger partial charge in [-0.2, -0.15) is 0 Å². The third kappa shape index (κ3) is 5.23. The van der Waals surface area contributed by atoms with E-state index in [0.29, 0.717) is 35.3 Å².